The maximum Gasteiger partial charge on any atom is 0.226 e. The van der Waals surface area contributed by atoms with Gasteiger partial charge < -0.3 is 15.5 Å². The summed E-state index contributed by atoms with van der Waals surface area (Å²) in [5.41, 5.74) is 4.78. The number of aromatic nitrogens is 3. The quantitative estimate of drug-likeness (QED) is 0.468. The standard InChI is InChI=1S/C29H36N6O2/c1-3-28(36)35-20(2)17-26(25-11-7-8-12-27(25)35)31-22-13-15-24(16-14-22)34-19-23(32-33-34)18-30-29(37)21-9-5-4-6-10-21/h7-8,11-16,19-21,26,31H,3-6,9-10,17-18H2,1-2H3,(H,30,37)/t20-,26+/m0/s1. The zero-order valence-electron chi connectivity index (χ0n) is 21.7. The predicted octanol–water partition coefficient (Wildman–Crippen LogP) is 5.15. The Morgan fingerprint density at radius 3 is 2.54 bits per heavy atom. The third-order valence-electron chi connectivity index (χ3n) is 7.59. The average molecular weight is 501 g/mol. The lowest BCUT2D eigenvalue weighted by molar-refractivity contribution is -0.126. The number of nitrogens with one attached hydrogen (secondary N) is 2. The minimum atomic E-state index is 0.115. The monoisotopic (exact) mass is 500 g/mol. The summed E-state index contributed by atoms with van der Waals surface area (Å²) in [6, 6.07) is 16.5. The van der Waals surface area contributed by atoms with E-state index in [9.17, 15) is 9.59 Å². The first-order valence-electron chi connectivity index (χ1n) is 13.5. The Bertz CT molecular complexity index is 1230. The van der Waals surface area contributed by atoms with E-state index in [2.05, 4.69) is 33.9 Å². The number of hydrogen-bond donors (Lipinski definition) is 2. The molecule has 8 heteroatoms. The minimum absolute atomic E-state index is 0.115. The van der Waals surface area contributed by atoms with Crippen LogP contribution in [0, 0.1) is 5.92 Å². The fraction of sp³-hybridized carbons (Fsp3) is 0.448. The Hall–Kier alpha value is -3.68. The molecule has 1 saturated carbocycles. The molecule has 3 aromatic rings. The molecule has 0 saturated heterocycles. The summed E-state index contributed by atoms with van der Waals surface area (Å²) in [6.07, 6.45) is 8.68. The molecule has 8 nitrogen and oxygen atoms in total. The Morgan fingerprint density at radius 1 is 1.03 bits per heavy atom. The number of para-hydroxylation sites is 1. The molecule has 37 heavy (non-hydrogen) atoms. The molecule has 0 bridgehead atoms. The number of rotatable bonds is 7. The van der Waals surface area contributed by atoms with Crippen molar-refractivity contribution in [2.24, 2.45) is 5.92 Å². The second-order valence-electron chi connectivity index (χ2n) is 10.2. The Balaban J connectivity index is 1.23. The molecule has 2 aromatic carbocycles. The molecule has 2 atom stereocenters. The molecule has 0 spiro atoms. The van der Waals surface area contributed by atoms with Crippen LogP contribution in [0.15, 0.2) is 54.7 Å². The Labute approximate surface area is 218 Å². The SMILES string of the molecule is CCC(=O)N1c2ccccc2[C@H](Nc2ccc(-n3cc(CNC(=O)C4CCCCC4)nn3)cc2)C[C@@H]1C. The van der Waals surface area contributed by atoms with Gasteiger partial charge in [0.15, 0.2) is 0 Å². The third-order valence-corrected chi connectivity index (χ3v) is 7.59. The predicted molar refractivity (Wildman–Crippen MR) is 144 cm³/mol. The first kappa shape index (κ1) is 25.0. The van der Waals surface area contributed by atoms with Gasteiger partial charge in [-0.3, -0.25) is 9.59 Å². The van der Waals surface area contributed by atoms with Crippen molar-refractivity contribution in [3.05, 3.63) is 66.0 Å². The molecule has 1 aliphatic heterocycles. The highest BCUT2D eigenvalue weighted by Gasteiger charge is 2.32. The largest absolute Gasteiger partial charge is 0.378 e. The third kappa shape index (κ3) is 5.53. The minimum Gasteiger partial charge on any atom is -0.378 e. The number of hydrogen-bond acceptors (Lipinski definition) is 5. The normalized spacial score (nSPS) is 19.8. The van der Waals surface area contributed by atoms with E-state index >= 15 is 0 Å². The zero-order valence-corrected chi connectivity index (χ0v) is 21.7. The summed E-state index contributed by atoms with van der Waals surface area (Å²) in [7, 11) is 0. The van der Waals surface area contributed by atoms with Crippen LogP contribution in [0.25, 0.3) is 5.69 Å². The molecule has 2 aliphatic rings. The van der Waals surface area contributed by atoms with E-state index in [-0.39, 0.29) is 29.8 Å². The summed E-state index contributed by atoms with van der Waals surface area (Å²) in [6.45, 7) is 4.42. The second-order valence-corrected chi connectivity index (χ2v) is 10.2. The lowest BCUT2D eigenvalue weighted by Gasteiger charge is -2.40. The molecular weight excluding hydrogens is 464 g/mol. The summed E-state index contributed by atoms with van der Waals surface area (Å²) in [5, 5.41) is 15.2. The smallest absolute Gasteiger partial charge is 0.226 e. The summed E-state index contributed by atoms with van der Waals surface area (Å²) >= 11 is 0. The summed E-state index contributed by atoms with van der Waals surface area (Å²) in [4.78, 5) is 27.0. The van der Waals surface area contributed by atoms with E-state index in [0.717, 1.165) is 60.4 Å². The van der Waals surface area contributed by atoms with Gasteiger partial charge in [0.05, 0.1) is 24.5 Å². The summed E-state index contributed by atoms with van der Waals surface area (Å²) < 4.78 is 1.73. The maximum absolute atomic E-state index is 12.6. The van der Waals surface area contributed by atoms with E-state index in [4.69, 9.17) is 0 Å². The fourth-order valence-corrected chi connectivity index (χ4v) is 5.60. The maximum atomic E-state index is 12.6. The van der Waals surface area contributed by atoms with E-state index in [1.165, 1.54) is 6.42 Å². The molecule has 0 radical (unpaired) electrons. The van der Waals surface area contributed by atoms with Crippen LogP contribution in [0.4, 0.5) is 11.4 Å². The average Bonchev–Trinajstić information content (AvgIpc) is 3.41. The lowest BCUT2D eigenvalue weighted by Crippen LogP contribution is -2.44. The molecule has 194 valence electrons. The van der Waals surface area contributed by atoms with Crippen LogP contribution in [0.2, 0.25) is 0 Å². The van der Waals surface area contributed by atoms with Crippen LogP contribution in [0.5, 0.6) is 0 Å². The number of nitrogens with zero attached hydrogens (tertiary/aromatic N) is 4. The lowest BCUT2D eigenvalue weighted by atomic mass is 9.89. The Kier molecular flexibility index (Phi) is 7.53. The van der Waals surface area contributed by atoms with Crippen molar-refractivity contribution in [2.45, 2.75) is 77.4 Å². The van der Waals surface area contributed by atoms with Crippen molar-refractivity contribution >= 4 is 23.2 Å². The molecule has 1 aliphatic carbocycles. The molecule has 2 N–H and O–H groups in total. The number of carbonyl (C=O) groups is 2. The first-order chi connectivity index (χ1) is 18.0. The Morgan fingerprint density at radius 2 is 1.78 bits per heavy atom. The van der Waals surface area contributed by atoms with Gasteiger partial charge in [0.25, 0.3) is 0 Å². The van der Waals surface area contributed by atoms with Crippen molar-refractivity contribution < 1.29 is 9.59 Å². The highest BCUT2D eigenvalue weighted by Crippen LogP contribution is 2.39. The number of carbonyl (C=O) groups excluding carboxylic acids is 2. The van der Waals surface area contributed by atoms with Crippen LogP contribution >= 0.6 is 0 Å². The summed E-state index contributed by atoms with van der Waals surface area (Å²) in [5.74, 6) is 0.423. The van der Waals surface area contributed by atoms with Gasteiger partial charge in [-0.1, -0.05) is 49.6 Å². The first-order valence-corrected chi connectivity index (χ1v) is 13.5. The molecule has 0 unspecified atom stereocenters. The van der Waals surface area contributed by atoms with Crippen molar-refractivity contribution in [3.63, 3.8) is 0 Å². The van der Waals surface area contributed by atoms with Gasteiger partial charge in [0.2, 0.25) is 11.8 Å². The van der Waals surface area contributed by atoms with Crippen LogP contribution in [0.1, 0.15) is 76.1 Å². The van der Waals surface area contributed by atoms with E-state index < -0.39 is 0 Å². The number of fused-ring (bicyclic) bond motifs is 1. The molecule has 2 amide bonds. The second kappa shape index (κ2) is 11.2. The van der Waals surface area contributed by atoms with Gasteiger partial charge >= 0.3 is 0 Å². The number of anilines is 2. The van der Waals surface area contributed by atoms with Gasteiger partial charge in [-0.25, -0.2) is 4.68 Å². The van der Waals surface area contributed by atoms with Crippen LogP contribution < -0.4 is 15.5 Å². The van der Waals surface area contributed by atoms with Crippen molar-refractivity contribution in [1.29, 1.82) is 0 Å². The fourth-order valence-electron chi connectivity index (χ4n) is 5.60. The van der Waals surface area contributed by atoms with E-state index in [1.54, 1.807) is 4.68 Å². The zero-order chi connectivity index (χ0) is 25.8. The number of amides is 2. The van der Waals surface area contributed by atoms with Gasteiger partial charge in [0, 0.05) is 29.8 Å². The topological polar surface area (TPSA) is 92.2 Å². The van der Waals surface area contributed by atoms with Gasteiger partial charge in [-0.05, 0) is 62.1 Å². The van der Waals surface area contributed by atoms with Crippen LogP contribution in [-0.2, 0) is 16.1 Å². The highest BCUT2D eigenvalue weighted by molar-refractivity contribution is 5.95. The highest BCUT2D eigenvalue weighted by atomic mass is 16.2. The molecule has 2 heterocycles. The van der Waals surface area contributed by atoms with Crippen LogP contribution in [0.3, 0.4) is 0 Å². The molecule has 1 aromatic heterocycles. The van der Waals surface area contributed by atoms with Gasteiger partial charge in [-0.15, -0.1) is 5.10 Å². The molecule has 5 rings (SSSR count). The van der Waals surface area contributed by atoms with Gasteiger partial charge in [-0.2, -0.15) is 0 Å². The number of benzene rings is 2. The van der Waals surface area contributed by atoms with Gasteiger partial charge in [0.1, 0.15) is 5.69 Å². The van der Waals surface area contributed by atoms with E-state index in [0.29, 0.717) is 13.0 Å². The van der Waals surface area contributed by atoms with Crippen molar-refractivity contribution in [1.82, 2.24) is 20.3 Å². The van der Waals surface area contributed by atoms with Crippen molar-refractivity contribution in [3.8, 4) is 5.69 Å². The molecule has 1 fully saturated rings. The van der Waals surface area contributed by atoms with Crippen molar-refractivity contribution in [2.75, 3.05) is 10.2 Å². The molecular formula is C29H36N6O2. The van der Waals surface area contributed by atoms with E-state index in [1.807, 2.05) is 60.5 Å². The van der Waals surface area contributed by atoms with Crippen LogP contribution in [-0.4, -0.2) is 32.9 Å².